The summed E-state index contributed by atoms with van der Waals surface area (Å²) in [6.45, 7) is 9.74. The van der Waals surface area contributed by atoms with Gasteiger partial charge >= 0.3 is 5.97 Å². The highest BCUT2D eigenvalue weighted by atomic mass is 16.4. The van der Waals surface area contributed by atoms with Crippen molar-refractivity contribution >= 4 is 5.97 Å². The van der Waals surface area contributed by atoms with Crippen LogP contribution in [0, 0.1) is 5.41 Å². The molecule has 122 valence electrons. The molecule has 2 rings (SSSR count). The summed E-state index contributed by atoms with van der Waals surface area (Å²) in [4.78, 5) is 16.8. The van der Waals surface area contributed by atoms with Gasteiger partial charge in [-0.1, -0.05) is 13.8 Å². The number of piperidine rings is 1. The third-order valence-electron chi connectivity index (χ3n) is 5.58. The lowest BCUT2D eigenvalue weighted by Gasteiger charge is -2.43. The number of carbonyl (C=O) groups is 1. The molecule has 0 aromatic heterocycles. The van der Waals surface area contributed by atoms with Crippen LogP contribution in [-0.4, -0.2) is 59.6 Å². The molecular weight excluding hydrogens is 264 g/mol. The Morgan fingerprint density at radius 3 is 2.67 bits per heavy atom. The quantitative estimate of drug-likeness (QED) is 0.847. The lowest BCUT2D eigenvalue weighted by atomic mass is 9.77. The molecule has 4 heteroatoms. The third-order valence-corrected chi connectivity index (χ3v) is 5.58. The summed E-state index contributed by atoms with van der Waals surface area (Å²) in [5, 5.41) is 9.64. The van der Waals surface area contributed by atoms with Crippen LogP contribution in [0.5, 0.6) is 0 Å². The molecule has 0 spiro atoms. The molecule has 21 heavy (non-hydrogen) atoms. The fourth-order valence-corrected chi connectivity index (χ4v) is 4.14. The van der Waals surface area contributed by atoms with Gasteiger partial charge in [-0.05, 0) is 71.1 Å². The Morgan fingerprint density at radius 1 is 1.19 bits per heavy atom. The lowest BCUT2D eigenvalue weighted by Crippen LogP contribution is -2.51. The fraction of sp³-hybridized carbons (Fsp3) is 0.941. The van der Waals surface area contributed by atoms with E-state index in [-0.39, 0.29) is 0 Å². The Balaban J connectivity index is 1.96. The van der Waals surface area contributed by atoms with Gasteiger partial charge in [-0.15, -0.1) is 0 Å². The first-order valence-electron chi connectivity index (χ1n) is 8.81. The van der Waals surface area contributed by atoms with Gasteiger partial charge in [0, 0.05) is 12.6 Å². The maximum atomic E-state index is 11.7. The molecule has 2 heterocycles. The van der Waals surface area contributed by atoms with Crippen molar-refractivity contribution in [3.05, 3.63) is 0 Å². The van der Waals surface area contributed by atoms with Gasteiger partial charge in [0.15, 0.2) is 0 Å². The minimum Gasteiger partial charge on any atom is -0.481 e. The summed E-state index contributed by atoms with van der Waals surface area (Å²) in [6.07, 6.45) is 7.57. The molecule has 0 aromatic carbocycles. The molecular formula is C17H32N2O2. The Labute approximate surface area is 129 Å². The van der Waals surface area contributed by atoms with Gasteiger partial charge < -0.3 is 10.0 Å². The number of aliphatic carboxylic acids is 1. The topological polar surface area (TPSA) is 43.8 Å². The van der Waals surface area contributed by atoms with Crippen LogP contribution in [-0.2, 0) is 4.79 Å². The molecule has 2 aliphatic rings. The molecule has 2 unspecified atom stereocenters. The van der Waals surface area contributed by atoms with Crippen molar-refractivity contribution in [1.82, 2.24) is 9.80 Å². The molecule has 0 saturated carbocycles. The van der Waals surface area contributed by atoms with Crippen LogP contribution >= 0.6 is 0 Å². The average Bonchev–Trinajstić information content (AvgIpc) is 2.73. The predicted octanol–water partition coefficient (Wildman–Crippen LogP) is 2.83. The number of nitrogens with zero attached hydrogens (tertiary/aromatic N) is 2. The summed E-state index contributed by atoms with van der Waals surface area (Å²) in [6, 6.07) is 0.595. The number of carboxylic acid groups (broad SMARTS) is 1. The van der Waals surface area contributed by atoms with Crippen molar-refractivity contribution in [2.75, 3.05) is 32.7 Å². The van der Waals surface area contributed by atoms with Crippen molar-refractivity contribution in [1.29, 1.82) is 0 Å². The van der Waals surface area contributed by atoms with Crippen LogP contribution in [0.1, 0.15) is 58.8 Å². The number of hydrogen-bond donors (Lipinski definition) is 1. The second kappa shape index (κ2) is 7.59. The van der Waals surface area contributed by atoms with Crippen molar-refractivity contribution < 1.29 is 9.90 Å². The van der Waals surface area contributed by atoms with Crippen molar-refractivity contribution in [3.63, 3.8) is 0 Å². The Kier molecular flexibility index (Phi) is 6.06. The molecule has 0 bridgehead atoms. The van der Waals surface area contributed by atoms with Gasteiger partial charge in [-0.3, -0.25) is 9.69 Å². The summed E-state index contributed by atoms with van der Waals surface area (Å²) < 4.78 is 0. The lowest BCUT2D eigenvalue weighted by molar-refractivity contribution is -0.153. The van der Waals surface area contributed by atoms with E-state index < -0.39 is 11.4 Å². The molecule has 0 aliphatic carbocycles. The first-order valence-corrected chi connectivity index (χ1v) is 8.81. The molecule has 0 radical (unpaired) electrons. The first-order chi connectivity index (χ1) is 10.1. The van der Waals surface area contributed by atoms with E-state index in [4.69, 9.17) is 0 Å². The minimum atomic E-state index is -0.587. The monoisotopic (exact) mass is 296 g/mol. The first kappa shape index (κ1) is 16.8. The number of likely N-dealkylation sites (tertiary alicyclic amines) is 2. The molecule has 2 saturated heterocycles. The van der Waals surface area contributed by atoms with E-state index in [9.17, 15) is 9.90 Å². The average molecular weight is 296 g/mol. The van der Waals surface area contributed by atoms with Crippen LogP contribution in [0.3, 0.4) is 0 Å². The van der Waals surface area contributed by atoms with E-state index in [0.717, 1.165) is 32.4 Å². The van der Waals surface area contributed by atoms with Crippen LogP contribution < -0.4 is 0 Å². The van der Waals surface area contributed by atoms with Gasteiger partial charge in [0.25, 0.3) is 0 Å². The Hall–Kier alpha value is -0.610. The SMILES string of the molecule is CCCN1CCCC(N2CCCC(CC)(C(=O)O)C2)CC1. The van der Waals surface area contributed by atoms with E-state index in [1.807, 2.05) is 6.92 Å². The number of carboxylic acids is 1. The van der Waals surface area contributed by atoms with Crippen LogP contribution in [0.15, 0.2) is 0 Å². The van der Waals surface area contributed by atoms with Gasteiger partial charge in [0.2, 0.25) is 0 Å². The molecule has 0 amide bonds. The normalized spacial score (nSPS) is 32.8. The summed E-state index contributed by atoms with van der Waals surface area (Å²) >= 11 is 0. The van der Waals surface area contributed by atoms with E-state index in [2.05, 4.69) is 16.7 Å². The zero-order chi connectivity index (χ0) is 15.3. The number of hydrogen-bond acceptors (Lipinski definition) is 3. The van der Waals surface area contributed by atoms with E-state index in [0.29, 0.717) is 6.04 Å². The van der Waals surface area contributed by atoms with E-state index in [1.165, 1.54) is 45.3 Å². The smallest absolute Gasteiger partial charge is 0.310 e. The zero-order valence-electron chi connectivity index (χ0n) is 13.8. The molecule has 0 aromatic rings. The standard InChI is InChI=1S/C17H32N2O2/c1-3-10-18-11-5-7-15(8-13-18)19-12-6-9-17(4-2,14-19)16(20)21/h15H,3-14H2,1-2H3,(H,20,21). The van der Waals surface area contributed by atoms with E-state index >= 15 is 0 Å². The molecule has 2 aliphatic heterocycles. The van der Waals surface area contributed by atoms with Crippen LogP contribution in [0.25, 0.3) is 0 Å². The van der Waals surface area contributed by atoms with Gasteiger partial charge in [0.05, 0.1) is 5.41 Å². The summed E-state index contributed by atoms with van der Waals surface area (Å²) in [5.74, 6) is -0.587. The highest BCUT2D eigenvalue weighted by molar-refractivity contribution is 5.75. The maximum absolute atomic E-state index is 11.7. The third kappa shape index (κ3) is 3.98. The van der Waals surface area contributed by atoms with Crippen molar-refractivity contribution in [2.24, 2.45) is 5.41 Å². The second-order valence-electron chi connectivity index (χ2n) is 6.94. The molecule has 2 fully saturated rings. The minimum absolute atomic E-state index is 0.492. The van der Waals surface area contributed by atoms with Gasteiger partial charge in [-0.2, -0.15) is 0 Å². The molecule has 4 nitrogen and oxygen atoms in total. The van der Waals surface area contributed by atoms with Crippen molar-refractivity contribution in [2.45, 2.75) is 64.8 Å². The van der Waals surface area contributed by atoms with E-state index in [1.54, 1.807) is 0 Å². The maximum Gasteiger partial charge on any atom is 0.310 e. The summed E-state index contributed by atoms with van der Waals surface area (Å²) in [5.41, 5.74) is -0.492. The molecule has 2 atom stereocenters. The Morgan fingerprint density at radius 2 is 2.00 bits per heavy atom. The Bertz CT molecular complexity index is 348. The van der Waals surface area contributed by atoms with Crippen LogP contribution in [0.4, 0.5) is 0 Å². The van der Waals surface area contributed by atoms with Gasteiger partial charge in [0.1, 0.15) is 0 Å². The van der Waals surface area contributed by atoms with Crippen LogP contribution in [0.2, 0.25) is 0 Å². The second-order valence-corrected chi connectivity index (χ2v) is 6.94. The highest BCUT2D eigenvalue weighted by Gasteiger charge is 2.42. The largest absolute Gasteiger partial charge is 0.481 e. The predicted molar refractivity (Wildman–Crippen MR) is 85.5 cm³/mol. The fourth-order valence-electron chi connectivity index (χ4n) is 4.14. The van der Waals surface area contributed by atoms with Gasteiger partial charge in [-0.25, -0.2) is 0 Å². The highest BCUT2D eigenvalue weighted by Crippen LogP contribution is 2.35. The molecule has 1 N–H and O–H groups in total. The van der Waals surface area contributed by atoms with Crippen molar-refractivity contribution in [3.8, 4) is 0 Å². The zero-order valence-corrected chi connectivity index (χ0v) is 13.8. The number of rotatable bonds is 5. The summed E-state index contributed by atoms with van der Waals surface area (Å²) in [7, 11) is 0.